The lowest BCUT2D eigenvalue weighted by Crippen LogP contribution is -2.01. The Morgan fingerprint density at radius 1 is 1.12 bits per heavy atom. The molecule has 0 saturated heterocycles. The van der Waals surface area contributed by atoms with Gasteiger partial charge in [-0.2, -0.15) is 13.2 Å². The first-order chi connectivity index (χ1) is 7.38. The molecule has 0 atom stereocenters. The lowest BCUT2D eigenvalue weighted by molar-refractivity contribution is -0.0809. The Morgan fingerprint density at radius 2 is 1.69 bits per heavy atom. The average Bonchev–Trinajstić information content (AvgIpc) is 2.16. The van der Waals surface area contributed by atoms with Crippen LogP contribution in [0.4, 0.5) is 13.2 Å². The zero-order valence-electron chi connectivity index (χ0n) is 9.08. The van der Waals surface area contributed by atoms with Crippen LogP contribution in [0, 0.1) is 0 Å². The van der Waals surface area contributed by atoms with Gasteiger partial charge in [-0.05, 0) is 23.6 Å². The highest BCUT2D eigenvalue weighted by Crippen LogP contribution is 2.20. The number of ether oxygens (including phenoxy) is 1. The summed E-state index contributed by atoms with van der Waals surface area (Å²) in [6.45, 7) is 4.08. The Bertz CT molecular complexity index is 350. The van der Waals surface area contributed by atoms with E-state index < -0.39 is 6.18 Å². The van der Waals surface area contributed by atoms with E-state index in [9.17, 15) is 13.2 Å². The van der Waals surface area contributed by atoms with E-state index in [-0.39, 0.29) is 6.08 Å². The van der Waals surface area contributed by atoms with Gasteiger partial charge in [0.2, 0.25) is 0 Å². The lowest BCUT2D eigenvalue weighted by atomic mass is 10.0. The molecule has 0 saturated carbocycles. The highest BCUT2D eigenvalue weighted by atomic mass is 19.4. The smallest absolute Gasteiger partial charge is 0.412 e. The van der Waals surface area contributed by atoms with Crippen molar-refractivity contribution in [3.63, 3.8) is 0 Å². The molecule has 0 unspecified atom stereocenters. The van der Waals surface area contributed by atoms with Crippen LogP contribution in [0.5, 0.6) is 5.75 Å². The van der Waals surface area contributed by atoms with Crippen molar-refractivity contribution in [2.75, 3.05) is 0 Å². The minimum absolute atomic E-state index is 0.0589. The van der Waals surface area contributed by atoms with Gasteiger partial charge in [0.05, 0.1) is 12.3 Å². The first-order valence-electron chi connectivity index (χ1n) is 4.89. The number of alkyl halides is 3. The summed E-state index contributed by atoms with van der Waals surface area (Å²) >= 11 is 0. The minimum atomic E-state index is -4.34. The molecule has 0 heterocycles. The standard InChI is InChI=1S/C12H13F3O/c1-9(2)10-3-5-11(6-4-10)16-8-7-12(13,14)15/h3-9H,1-2H3/b8-7-. The summed E-state index contributed by atoms with van der Waals surface area (Å²) in [5.41, 5.74) is 1.12. The fourth-order valence-electron chi connectivity index (χ4n) is 1.12. The van der Waals surface area contributed by atoms with E-state index in [1.165, 1.54) is 0 Å². The van der Waals surface area contributed by atoms with Crippen LogP contribution in [0.1, 0.15) is 25.3 Å². The van der Waals surface area contributed by atoms with Crippen LogP contribution in [0.25, 0.3) is 0 Å². The van der Waals surface area contributed by atoms with E-state index >= 15 is 0 Å². The van der Waals surface area contributed by atoms with Crippen LogP contribution in [-0.2, 0) is 0 Å². The molecule has 0 spiro atoms. The van der Waals surface area contributed by atoms with Crippen LogP contribution in [-0.4, -0.2) is 6.18 Å². The Hall–Kier alpha value is -1.45. The first-order valence-corrected chi connectivity index (χ1v) is 4.89. The van der Waals surface area contributed by atoms with Crippen molar-refractivity contribution < 1.29 is 17.9 Å². The Kier molecular flexibility index (Phi) is 3.99. The number of halogens is 3. The van der Waals surface area contributed by atoms with Gasteiger partial charge in [-0.3, -0.25) is 0 Å². The molecule has 1 aromatic carbocycles. The molecule has 0 N–H and O–H groups in total. The van der Waals surface area contributed by atoms with Gasteiger partial charge in [0.25, 0.3) is 0 Å². The maximum absolute atomic E-state index is 11.8. The molecule has 1 rings (SSSR count). The summed E-state index contributed by atoms with van der Waals surface area (Å²) in [7, 11) is 0. The molecule has 0 fully saturated rings. The van der Waals surface area contributed by atoms with Crippen molar-refractivity contribution >= 4 is 0 Å². The van der Waals surface area contributed by atoms with E-state index in [1.807, 2.05) is 26.0 Å². The molecule has 0 aliphatic rings. The highest BCUT2D eigenvalue weighted by Gasteiger charge is 2.22. The molecule has 88 valence electrons. The Morgan fingerprint density at radius 3 is 2.12 bits per heavy atom. The third kappa shape index (κ3) is 4.38. The summed E-state index contributed by atoms with van der Waals surface area (Å²) in [6.07, 6.45) is -3.63. The summed E-state index contributed by atoms with van der Waals surface area (Å²) in [6, 6.07) is 6.97. The highest BCUT2D eigenvalue weighted by molar-refractivity contribution is 5.29. The van der Waals surface area contributed by atoms with Gasteiger partial charge in [0, 0.05) is 0 Å². The molecule has 0 aromatic heterocycles. The fourth-order valence-corrected chi connectivity index (χ4v) is 1.12. The molecule has 1 aromatic rings. The molecule has 0 radical (unpaired) electrons. The van der Waals surface area contributed by atoms with E-state index in [0.717, 1.165) is 5.56 Å². The Labute approximate surface area is 92.5 Å². The van der Waals surface area contributed by atoms with Gasteiger partial charge < -0.3 is 4.74 Å². The van der Waals surface area contributed by atoms with Crippen molar-refractivity contribution in [3.8, 4) is 5.75 Å². The predicted octanol–water partition coefficient (Wildman–Crippen LogP) is 4.26. The summed E-state index contributed by atoms with van der Waals surface area (Å²) in [5, 5.41) is 0. The third-order valence-corrected chi connectivity index (χ3v) is 2.01. The second kappa shape index (κ2) is 5.05. The van der Waals surface area contributed by atoms with Crippen molar-refractivity contribution in [2.45, 2.75) is 25.9 Å². The van der Waals surface area contributed by atoms with Crippen LogP contribution < -0.4 is 4.74 Å². The summed E-state index contributed by atoms with van der Waals surface area (Å²) < 4.78 is 40.1. The molecule has 16 heavy (non-hydrogen) atoms. The maximum atomic E-state index is 11.8. The van der Waals surface area contributed by atoms with Gasteiger partial charge in [-0.15, -0.1) is 0 Å². The molecule has 4 heteroatoms. The van der Waals surface area contributed by atoms with Crippen LogP contribution in [0.3, 0.4) is 0 Å². The quantitative estimate of drug-likeness (QED) is 0.705. The van der Waals surface area contributed by atoms with Crippen molar-refractivity contribution in [1.29, 1.82) is 0 Å². The second-order valence-electron chi connectivity index (χ2n) is 3.69. The number of rotatable bonds is 3. The number of hydrogen-bond acceptors (Lipinski definition) is 1. The lowest BCUT2D eigenvalue weighted by Gasteiger charge is -2.06. The molecule has 0 aliphatic heterocycles. The molecule has 0 bridgehead atoms. The van der Waals surface area contributed by atoms with Crippen LogP contribution >= 0.6 is 0 Å². The van der Waals surface area contributed by atoms with E-state index in [0.29, 0.717) is 17.9 Å². The van der Waals surface area contributed by atoms with Crippen LogP contribution in [0.15, 0.2) is 36.6 Å². The van der Waals surface area contributed by atoms with E-state index in [2.05, 4.69) is 0 Å². The first kappa shape index (κ1) is 12.6. The van der Waals surface area contributed by atoms with Gasteiger partial charge in [0.15, 0.2) is 0 Å². The number of allylic oxidation sites excluding steroid dienone is 1. The van der Waals surface area contributed by atoms with Gasteiger partial charge in [0.1, 0.15) is 5.75 Å². The summed E-state index contributed by atoms with van der Waals surface area (Å²) in [5.74, 6) is 0.782. The van der Waals surface area contributed by atoms with E-state index in [4.69, 9.17) is 4.74 Å². The van der Waals surface area contributed by atoms with Crippen molar-refractivity contribution in [2.24, 2.45) is 0 Å². The Balaban J connectivity index is 2.59. The van der Waals surface area contributed by atoms with E-state index in [1.54, 1.807) is 12.1 Å². The van der Waals surface area contributed by atoms with Gasteiger partial charge in [-0.25, -0.2) is 0 Å². The molecule has 0 amide bonds. The monoisotopic (exact) mass is 230 g/mol. The largest absolute Gasteiger partial charge is 0.465 e. The SMILES string of the molecule is CC(C)c1ccc(O/C=C\C(F)(F)F)cc1. The summed E-state index contributed by atoms with van der Waals surface area (Å²) in [4.78, 5) is 0. The maximum Gasteiger partial charge on any atom is 0.412 e. The predicted molar refractivity (Wildman–Crippen MR) is 56.4 cm³/mol. The molecular weight excluding hydrogens is 217 g/mol. The third-order valence-electron chi connectivity index (χ3n) is 2.01. The van der Waals surface area contributed by atoms with Crippen molar-refractivity contribution in [1.82, 2.24) is 0 Å². The topological polar surface area (TPSA) is 9.23 Å². The zero-order chi connectivity index (χ0) is 12.2. The van der Waals surface area contributed by atoms with Crippen LogP contribution in [0.2, 0.25) is 0 Å². The van der Waals surface area contributed by atoms with Gasteiger partial charge >= 0.3 is 6.18 Å². The minimum Gasteiger partial charge on any atom is -0.465 e. The normalized spacial score (nSPS) is 12.4. The van der Waals surface area contributed by atoms with Crippen molar-refractivity contribution in [3.05, 3.63) is 42.2 Å². The molecule has 0 aliphatic carbocycles. The fraction of sp³-hybridized carbons (Fsp3) is 0.333. The molecule has 1 nitrogen and oxygen atoms in total. The zero-order valence-corrected chi connectivity index (χ0v) is 9.08. The second-order valence-corrected chi connectivity index (χ2v) is 3.69. The van der Waals surface area contributed by atoms with Gasteiger partial charge in [-0.1, -0.05) is 26.0 Å². The molecular formula is C12H13F3O. The average molecular weight is 230 g/mol. The number of hydrogen-bond donors (Lipinski definition) is 0. The number of benzene rings is 1.